The van der Waals surface area contributed by atoms with Gasteiger partial charge >= 0.3 is 0 Å². The smallest absolute Gasteiger partial charge is 0.254 e. The summed E-state index contributed by atoms with van der Waals surface area (Å²) in [6.07, 6.45) is 0.513. The SMILES string of the molecule is COc1ccc(Br)c(C(=O)N(C)CCC(N)=S)c1. The van der Waals surface area contributed by atoms with Crippen molar-refractivity contribution in [1.82, 2.24) is 4.90 Å². The van der Waals surface area contributed by atoms with Crippen molar-refractivity contribution in [3.05, 3.63) is 28.2 Å². The summed E-state index contributed by atoms with van der Waals surface area (Å²) in [5, 5.41) is 0. The van der Waals surface area contributed by atoms with Gasteiger partial charge in [0.25, 0.3) is 5.91 Å². The van der Waals surface area contributed by atoms with Gasteiger partial charge in [-0.15, -0.1) is 0 Å². The third-order valence-electron chi connectivity index (χ3n) is 2.44. The highest BCUT2D eigenvalue weighted by Gasteiger charge is 2.15. The monoisotopic (exact) mass is 330 g/mol. The number of hydrogen-bond acceptors (Lipinski definition) is 3. The second-order valence-corrected chi connectivity index (χ2v) is 5.17. The minimum absolute atomic E-state index is 0.1000. The number of nitrogens with two attached hydrogens (primary N) is 1. The molecule has 18 heavy (non-hydrogen) atoms. The molecule has 0 aromatic heterocycles. The Morgan fingerprint density at radius 2 is 2.22 bits per heavy atom. The molecule has 0 atom stereocenters. The van der Waals surface area contributed by atoms with Crippen LogP contribution in [0.5, 0.6) is 5.75 Å². The summed E-state index contributed by atoms with van der Waals surface area (Å²) in [6, 6.07) is 5.27. The van der Waals surface area contributed by atoms with Gasteiger partial charge in [0.1, 0.15) is 5.75 Å². The highest BCUT2D eigenvalue weighted by molar-refractivity contribution is 9.10. The zero-order valence-electron chi connectivity index (χ0n) is 10.3. The van der Waals surface area contributed by atoms with Crippen LogP contribution in [0.3, 0.4) is 0 Å². The second kappa shape index (κ2) is 6.70. The number of methoxy groups -OCH3 is 1. The van der Waals surface area contributed by atoms with Crippen LogP contribution in [0.15, 0.2) is 22.7 Å². The Labute approximate surface area is 120 Å². The third-order valence-corrected chi connectivity index (χ3v) is 3.34. The number of carbonyl (C=O) groups is 1. The van der Waals surface area contributed by atoms with E-state index in [1.165, 1.54) is 0 Å². The highest BCUT2D eigenvalue weighted by Crippen LogP contribution is 2.23. The van der Waals surface area contributed by atoms with Gasteiger partial charge in [-0.2, -0.15) is 0 Å². The predicted octanol–water partition coefficient (Wildman–Crippen LogP) is 2.21. The first kappa shape index (κ1) is 14.9. The number of rotatable bonds is 5. The highest BCUT2D eigenvalue weighted by atomic mass is 79.9. The summed E-state index contributed by atoms with van der Waals surface area (Å²) in [5.74, 6) is 0.543. The van der Waals surface area contributed by atoms with E-state index in [9.17, 15) is 4.79 Å². The van der Waals surface area contributed by atoms with Crippen molar-refractivity contribution in [2.75, 3.05) is 20.7 Å². The maximum absolute atomic E-state index is 12.2. The van der Waals surface area contributed by atoms with Gasteiger partial charge in [-0.3, -0.25) is 4.79 Å². The first-order chi connectivity index (χ1) is 8.45. The number of ether oxygens (including phenoxy) is 1. The molecule has 1 aromatic carbocycles. The van der Waals surface area contributed by atoms with Crippen molar-refractivity contribution in [2.24, 2.45) is 5.73 Å². The lowest BCUT2D eigenvalue weighted by Crippen LogP contribution is -2.30. The van der Waals surface area contributed by atoms with Crippen LogP contribution in [0.4, 0.5) is 0 Å². The van der Waals surface area contributed by atoms with Gasteiger partial charge in [0.15, 0.2) is 0 Å². The Bertz CT molecular complexity index is 465. The number of nitrogens with zero attached hydrogens (tertiary/aromatic N) is 1. The predicted molar refractivity (Wildman–Crippen MR) is 79.1 cm³/mol. The average molecular weight is 331 g/mol. The van der Waals surface area contributed by atoms with Gasteiger partial charge in [0, 0.05) is 24.5 Å². The van der Waals surface area contributed by atoms with Gasteiger partial charge in [0.05, 0.1) is 17.7 Å². The minimum Gasteiger partial charge on any atom is -0.497 e. The number of hydrogen-bond donors (Lipinski definition) is 1. The molecule has 0 aliphatic carbocycles. The fourth-order valence-corrected chi connectivity index (χ4v) is 1.89. The molecule has 4 nitrogen and oxygen atoms in total. The van der Waals surface area contributed by atoms with Crippen LogP contribution in [0.2, 0.25) is 0 Å². The maximum Gasteiger partial charge on any atom is 0.254 e. The molecule has 0 spiro atoms. The lowest BCUT2D eigenvalue weighted by molar-refractivity contribution is 0.0797. The van der Waals surface area contributed by atoms with Crippen molar-refractivity contribution < 1.29 is 9.53 Å². The van der Waals surface area contributed by atoms with Crippen molar-refractivity contribution in [3.8, 4) is 5.75 Å². The molecule has 0 unspecified atom stereocenters. The third kappa shape index (κ3) is 3.96. The Kier molecular flexibility index (Phi) is 5.55. The molecule has 0 radical (unpaired) electrons. The molecule has 0 saturated carbocycles. The van der Waals surface area contributed by atoms with E-state index in [-0.39, 0.29) is 5.91 Å². The van der Waals surface area contributed by atoms with Crippen molar-refractivity contribution in [3.63, 3.8) is 0 Å². The molecule has 0 fully saturated rings. The summed E-state index contributed by atoms with van der Waals surface area (Å²) in [6.45, 7) is 0.498. The van der Waals surface area contributed by atoms with Gasteiger partial charge in [-0.1, -0.05) is 12.2 Å². The molecule has 2 N–H and O–H groups in total. The van der Waals surface area contributed by atoms with E-state index in [4.69, 9.17) is 22.7 Å². The summed E-state index contributed by atoms with van der Waals surface area (Å²) < 4.78 is 5.84. The molecule has 0 saturated heterocycles. The fraction of sp³-hybridized carbons (Fsp3) is 0.333. The van der Waals surface area contributed by atoms with Gasteiger partial charge in [-0.25, -0.2) is 0 Å². The molecule has 6 heteroatoms. The zero-order valence-corrected chi connectivity index (χ0v) is 12.7. The van der Waals surface area contributed by atoms with E-state index in [1.54, 1.807) is 37.3 Å². The molecule has 0 aliphatic rings. The van der Waals surface area contributed by atoms with E-state index in [0.29, 0.717) is 29.3 Å². The summed E-state index contributed by atoms with van der Waals surface area (Å²) >= 11 is 8.15. The molecule has 1 rings (SSSR count). The summed E-state index contributed by atoms with van der Waals surface area (Å²) in [4.78, 5) is 14.2. The molecular weight excluding hydrogens is 316 g/mol. The lowest BCUT2D eigenvalue weighted by atomic mass is 10.2. The molecule has 98 valence electrons. The fourth-order valence-electron chi connectivity index (χ4n) is 1.38. The Morgan fingerprint density at radius 3 is 2.78 bits per heavy atom. The number of halogens is 1. The molecule has 0 heterocycles. The first-order valence-electron chi connectivity index (χ1n) is 5.33. The van der Waals surface area contributed by atoms with E-state index in [1.807, 2.05) is 0 Å². The minimum atomic E-state index is -0.1000. The largest absolute Gasteiger partial charge is 0.497 e. The van der Waals surface area contributed by atoms with Crippen molar-refractivity contribution in [1.29, 1.82) is 0 Å². The van der Waals surface area contributed by atoms with Crippen LogP contribution in [-0.2, 0) is 0 Å². The molecule has 0 aliphatic heterocycles. The summed E-state index contributed by atoms with van der Waals surface area (Å²) in [7, 11) is 3.28. The number of benzene rings is 1. The molecule has 0 bridgehead atoms. The second-order valence-electron chi connectivity index (χ2n) is 3.79. The van der Waals surface area contributed by atoms with Crippen LogP contribution < -0.4 is 10.5 Å². The Balaban J connectivity index is 2.85. The maximum atomic E-state index is 12.2. The van der Waals surface area contributed by atoms with Crippen molar-refractivity contribution in [2.45, 2.75) is 6.42 Å². The number of thiocarbonyl (C=S) groups is 1. The van der Waals surface area contributed by atoms with Crippen LogP contribution in [0, 0.1) is 0 Å². The van der Waals surface area contributed by atoms with E-state index in [2.05, 4.69) is 15.9 Å². The lowest BCUT2D eigenvalue weighted by Gasteiger charge is -2.18. The van der Waals surface area contributed by atoms with Crippen LogP contribution in [0.1, 0.15) is 16.8 Å². The molecule has 1 amide bonds. The number of carbonyl (C=O) groups excluding carboxylic acids is 1. The standard InChI is InChI=1S/C12H15BrN2O2S/c1-15(6-5-11(14)18)12(16)9-7-8(17-2)3-4-10(9)13/h3-4,7H,5-6H2,1-2H3,(H2,14,18). The molecular formula is C12H15BrN2O2S. The summed E-state index contributed by atoms with van der Waals surface area (Å²) in [5.41, 5.74) is 5.97. The van der Waals surface area contributed by atoms with Gasteiger partial charge in [0.2, 0.25) is 0 Å². The van der Waals surface area contributed by atoms with Crippen LogP contribution >= 0.6 is 28.1 Å². The number of amides is 1. The first-order valence-corrected chi connectivity index (χ1v) is 6.53. The van der Waals surface area contributed by atoms with Gasteiger partial charge < -0.3 is 15.4 Å². The zero-order chi connectivity index (χ0) is 13.7. The van der Waals surface area contributed by atoms with E-state index < -0.39 is 0 Å². The van der Waals surface area contributed by atoms with E-state index >= 15 is 0 Å². The average Bonchev–Trinajstić information content (AvgIpc) is 2.35. The Morgan fingerprint density at radius 1 is 1.56 bits per heavy atom. The Hall–Kier alpha value is -1.14. The van der Waals surface area contributed by atoms with Crippen molar-refractivity contribution >= 4 is 39.0 Å². The van der Waals surface area contributed by atoms with Gasteiger partial charge in [-0.05, 0) is 34.1 Å². The van der Waals surface area contributed by atoms with E-state index in [0.717, 1.165) is 4.47 Å². The quantitative estimate of drug-likeness (QED) is 0.841. The normalized spacial score (nSPS) is 9.94. The topological polar surface area (TPSA) is 55.6 Å². The molecule has 1 aromatic rings. The van der Waals surface area contributed by atoms with Crippen LogP contribution in [0.25, 0.3) is 0 Å². The van der Waals surface area contributed by atoms with Crippen LogP contribution in [-0.4, -0.2) is 36.5 Å².